The van der Waals surface area contributed by atoms with Crippen LogP contribution in [0.1, 0.15) is 25.3 Å². The standard InChI is InChI=1S/C24H26FN3O2/c1-17-4-3-13-28(15-17)22-12-9-19-5-2-6-21(24(19)27-22)30-16-23(29)26-14-18-7-10-20(25)11-8-18/h2,5-12,17H,3-4,13-16H2,1H3,(H,26,29)/t17-/m0/s1. The number of para-hydroxylation sites is 1. The molecule has 1 N–H and O–H groups in total. The van der Waals surface area contributed by atoms with Crippen molar-refractivity contribution in [3.05, 3.63) is 66.0 Å². The SMILES string of the molecule is C[C@H]1CCCN(c2ccc3cccc(OCC(=O)NCc4ccc(F)cc4)c3n2)C1. The monoisotopic (exact) mass is 407 g/mol. The van der Waals surface area contributed by atoms with Crippen molar-refractivity contribution in [3.8, 4) is 5.75 Å². The van der Waals surface area contributed by atoms with Crippen LogP contribution in [0.2, 0.25) is 0 Å². The van der Waals surface area contributed by atoms with E-state index in [-0.39, 0.29) is 18.3 Å². The molecule has 1 aliphatic rings. The lowest BCUT2D eigenvalue weighted by atomic mass is 10.0. The molecule has 0 spiro atoms. The van der Waals surface area contributed by atoms with Gasteiger partial charge in [-0.15, -0.1) is 0 Å². The number of carbonyl (C=O) groups is 1. The number of hydrogen-bond acceptors (Lipinski definition) is 4. The van der Waals surface area contributed by atoms with E-state index in [0.717, 1.165) is 35.4 Å². The molecular formula is C24H26FN3O2. The Morgan fingerprint density at radius 3 is 2.83 bits per heavy atom. The van der Waals surface area contributed by atoms with Crippen LogP contribution in [-0.4, -0.2) is 30.6 Å². The Balaban J connectivity index is 1.42. The molecule has 1 amide bonds. The van der Waals surface area contributed by atoms with Crippen molar-refractivity contribution in [2.75, 3.05) is 24.6 Å². The average Bonchev–Trinajstić information content (AvgIpc) is 2.77. The first-order valence-corrected chi connectivity index (χ1v) is 10.4. The number of nitrogens with one attached hydrogen (secondary N) is 1. The van der Waals surface area contributed by atoms with Gasteiger partial charge < -0.3 is 15.0 Å². The lowest BCUT2D eigenvalue weighted by Crippen LogP contribution is -2.34. The number of nitrogens with zero attached hydrogens (tertiary/aromatic N) is 2. The number of ether oxygens (including phenoxy) is 1. The van der Waals surface area contributed by atoms with Crippen LogP contribution in [0.5, 0.6) is 5.75 Å². The number of carbonyl (C=O) groups excluding carboxylic acids is 1. The smallest absolute Gasteiger partial charge is 0.258 e. The van der Waals surface area contributed by atoms with Gasteiger partial charge >= 0.3 is 0 Å². The molecule has 0 bridgehead atoms. The molecule has 156 valence electrons. The first-order valence-electron chi connectivity index (χ1n) is 10.4. The van der Waals surface area contributed by atoms with E-state index in [1.165, 1.54) is 25.0 Å². The molecule has 5 nitrogen and oxygen atoms in total. The molecule has 2 aromatic carbocycles. The van der Waals surface area contributed by atoms with Crippen LogP contribution in [0.3, 0.4) is 0 Å². The number of fused-ring (bicyclic) bond motifs is 1. The maximum absolute atomic E-state index is 13.0. The predicted molar refractivity (Wildman–Crippen MR) is 116 cm³/mol. The zero-order valence-corrected chi connectivity index (χ0v) is 17.1. The summed E-state index contributed by atoms with van der Waals surface area (Å²) in [6.45, 7) is 4.51. The van der Waals surface area contributed by atoms with E-state index in [2.05, 4.69) is 29.3 Å². The van der Waals surface area contributed by atoms with Gasteiger partial charge in [0.1, 0.15) is 22.9 Å². The Labute approximate surface area is 175 Å². The van der Waals surface area contributed by atoms with E-state index in [9.17, 15) is 9.18 Å². The number of hydrogen-bond donors (Lipinski definition) is 1. The normalized spacial score (nSPS) is 16.5. The van der Waals surface area contributed by atoms with E-state index in [4.69, 9.17) is 9.72 Å². The molecule has 6 heteroatoms. The largest absolute Gasteiger partial charge is 0.481 e. The Kier molecular flexibility index (Phi) is 6.12. The van der Waals surface area contributed by atoms with Crippen LogP contribution in [0.25, 0.3) is 10.9 Å². The number of rotatable bonds is 6. The summed E-state index contributed by atoms with van der Waals surface area (Å²) < 4.78 is 18.8. The van der Waals surface area contributed by atoms with Crippen molar-refractivity contribution < 1.29 is 13.9 Å². The molecule has 4 rings (SSSR count). The Hall–Kier alpha value is -3.15. The summed E-state index contributed by atoms with van der Waals surface area (Å²) >= 11 is 0. The van der Waals surface area contributed by atoms with Gasteiger partial charge in [-0.05, 0) is 54.7 Å². The van der Waals surface area contributed by atoms with Crippen LogP contribution in [0.15, 0.2) is 54.6 Å². The van der Waals surface area contributed by atoms with Crippen molar-refractivity contribution in [2.45, 2.75) is 26.3 Å². The third-order valence-corrected chi connectivity index (χ3v) is 5.41. The van der Waals surface area contributed by atoms with Gasteiger partial charge in [-0.25, -0.2) is 9.37 Å². The molecule has 30 heavy (non-hydrogen) atoms. The number of halogens is 1. The number of anilines is 1. The minimum absolute atomic E-state index is 0.104. The van der Waals surface area contributed by atoms with Crippen LogP contribution < -0.4 is 15.0 Å². The van der Waals surface area contributed by atoms with Gasteiger partial charge in [0, 0.05) is 25.0 Å². The molecule has 0 aliphatic carbocycles. The van der Waals surface area contributed by atoms with Gasteiger partial charge in [-0.1, -0.05) is 31.2 Å². The highest BCUT2D eigenvalue weighted by Gasteiger charge is 2.18. The number of pyridine rings is 1. The van der Waals surface area contributed by atoms with Gasteiger partial charge in [0.05, 0.1) is 0 Å². The Bertz CT molecular complexity index is 1020. The highest BCUT2D eigenvalue weighted by Crippen LogP contribution is 2.28. The fourth-order valence-corrected chi connectivity index (χ4v) is 3.80. The third kappa shape index (κ3) is 4.87. The number of piperidine rings is 1. The summed E-state index contributed by atoms with van der Waals surface area (Å²) in [5, 5.41) is 3.77. The quantitative estimate of drug-likeness (QED) is 0.662. The van der Waals surface area contributed by atoms with Crippen molar-refractivity contribution in [1.29, 1.82) is 0 Å². The van der Waals surface area contributed by atoms with Gasteiger partial charge in [0.25, 0.3) is 5.91 Å². The molecule has 1 saturated heterocycles. The second kappa shape index (κ2) is 9.11. The van der Waals surface area contributed by atoms with Gasteiger partial charge in [0.2, 0.25) is 0 Å². The maximum Gasteiger partial charge on any atom is 0.258 e. The molecule has 0 radical (unpaired) electrons. The van der Waals surface area contributed by atoms with Crippen LogP contribution in [-0.2, 0) is 11.3 Å². The second-order valence-electron chi connectivity index (χ2n) is 7.88. The highest BCUT2D eigenvalue weighted by molar-refractivity contribution is 5.86. The first-order chi connectivity index (χ1) is 14.6. The van der Waals surface area contributed by atoms with Gasteiger partial charge in [0.15, 0.2) is 6.61 Å². The molecule has 2 heterocycles. The fraction of sp³-hybridized carbons (Fsp3) is 0.333. The first kappa shape index (κ1) is 20.1. The summed E-state index contributed by atoms with van der Waals surface area (Å²) in [4.78, 5) is 19.4. The summed E-state index contributed by atoms with van der Waals surface area (Å²) in [5.74, 6) is 1.67. The van der Waals surface area contributed by atoms with Crippen LogP contribution >= 0.6 is 0 Å². The summed E-state index contributed by atoms with van der Waals surface area (Å²) in [6, 6.07) is 15.9. The summed E-state index contributed by atoms with van der Waals surface area (Å²) in [6.07, 6.45) is 2.43. The lowest BCUT2D eigenvalue weighted by molar-refractivity contribution is -0.123. The van der Waals surface area contributed by atoms with Crippen molar-refractivity contribution >= 4 is 22.6 Å². The van der Waals surface area contributed by atoms with Crippen molar-refractivity contribution in [2.24, 2.45) is 5.92 Å². The van der Waals surface area contributed by atoms with E-state index in [0.29, 0.717) is 18.2 Å². The van der Waals surface area contributed by atoms with E-state index < -0.39 is 0 Å². The minimum Gasteiger partial charge on any atom is -0.481 e. The van der Waals surface area contributed by atoms with Gasteiger partial charge in [-0.3, -0.25) is 4.79 Å². The van der Waals surface area contributed by atoms with E-state index in [1.807, 2.05) is 18.2 Å². The van der Waals surface area contributed by atoms with Crippen LogP contribution in [0.4, 0.5) is 10.2 Å². The third-order valence-electron chi connectivity index (χ3n) is 5.41. The topological polar surface area (TPSA) is 54.5 Å². The molecule has 1 aromatic heterocycles. The van der Waals surface area contributed by atoms with Crippen LogP contribution in [0, 0.1) is 11.7 Å². The average molecular weight is 407 g/mol. The molecule has 0 saturated carbocycles. The zero-order valence-electron chi connectivity index (χ0n) is 17.1. The number of benzene rings is 2. The summed E-state index contributed by atoms with van der Waals surface area (Å²) in [7, 11) is 0. The van der Waals surface area contributed by atoms with E-state index >= 15 is 0 Å². The molecule has 1 aliphatic heterocycles. The predicted octanol–water partition coefficient (Wildman–Crippen LogP) is 4.31. The summed E-state index contributed by atoms with van der Waals surface area (Å²) in [5.41, 5.74) is 1.59. The van der Waals surface area contributed by atoms with Crippen molar-refractivity contribution in [1.82, 2.24) is 10.3 Å². The highest BCUT2D eigenvalue weighted by atomic mass is 19.1. The molecule has 1 fully saturated rings. The molecule has 1 atom stereocenters. The second-order valence-corrected chi connectivity index (χ2v) is 7.88. The number of amides is 1. The molecule has 3 aromatic rings. The van der Waals surface area contributed by atoms with Gasteiger partial charge in [-0.2, -0.15) is 0 Å². The zero-order chi connectivity index (χ0) is 20.9. The maximum atomic E-state index is 13.0. The van der Waals surface area contributed by atoms with E-state index in [1.54, 1.807) is 12.1 Å². The minimum atomic E-state index is -0.296. The van der Waals surface area contributed by atoms with Crippen molar-refractivity contribution in [3.63, 3.8) is 0 Å². The fourth-order valence-electron chi connectivity index (χ4n) is 3.80. The Morgan fingerprint density at radius 1 is 1.20 bits per heavy atom. The molecular weight excluding hydrogens is 381 g/mol. The number of aromatic nitrogens is 1. The Morgan fingerprint density at radius 2 is 2.03 bits per heavy atom. The lowest BCUT2D eigenvalue weighted by Gasteiger charge is -2.32. The molecule has 0 unspecified atom stereocenters.